The maximum absolute atomic E-state index is 10.2. The molecule has 1 rings (SSSR count). The second kappa shape index (κ2) is 12.1. The first kappa shape index (κ1) is 28.9. The first-order chi connectivity index (χ1) is 13.2. The van der Waals surface area contributed by atoms with E-state index in [1.807, 2.05) is 6.92 Å². The molecule has 1 heterocycles. The summed E-state index contributed by atoms with van der Waals surface area (Å²) in [6.07, 6.45) is 2.02. The molecule has 0 bridgehead atoms. The highest BCUT2D eigenvalue weighted by Crippen LogP contribution is 2.42. The van der Waals surface area contributed by atoms with E-state index < -0.39 is 35.0 Å². The zero-order chi connectivity index (χ0) is 23.0. The van der Waals surface area contributed by atoms with Crippen molar-refractivity contribution in [3.63, 3.8) is 0 Å². The zero-order valence-corrected chi connectivity index (χ0v) is 24.6. The normalized spacial score (nSPS) is 26.3. The molecule has 2 atom stereocenters. The van der Waals surface area contributed by atoms with Gasteiger partial charge in [0.1, 0.15) is 0 Å². The molecule has 172 valence electrons. The van der Waals surface area contributed by atoms with E-state index in [0.717, 1.165) is 12.5 Å². The van der Waals surface area contributed by atoms with Gasteiger partial charge < -0.3 is 21.2 Å². The Hall–Kier alpha value is -0.0825. The number of carbonyl (C=O) groups is 1. The van der Waals surface area contributed by atoms with Gasteiger partial charge in [-0.1, -0.05) is 55.0 Å². The van der Waals surface area contributed by atoms with Crippen LogP contribution in [0, 0.1) is 0 Å². The number of hydrogen-bond acceptors (Lipinski definition) is 6. The molecule has 0 radical (unpaired) electrons. The summed E-state index contributed by atoms with van der Waals surface area (Å²) in [6.45, 7) is 27.6. The van der Waals surface area contributed by atoms with E-state index in [4.69, 9.17) is 16.5 Å². The lowest BCUT2D eigenvalue weighted by Crippen LogP contribution is -2.66. The number of hydrogen-bond donors (Lipinski definition) is 0. The van der Waals surface area contributed by atoms with Crippen LogP contribution in [0.15, 0.2) is 12.7 Å². The molecule has 0 aromatic heterocycles. The van der Waals surface area contributed by atoms with Gasteiger partial charge in [0.15, 0.2) is 0 Å². The third kappa shape index (κ3) is 8.89. The summed E-state index contributed by atoms with van der Waals surface area (Å²) in [6, 6.07) is 0. The van der Waals surface area contributed by atoms with Gasteiger partial charge in [0.05, 0.1) is 6.61 Å². The van der Waals surface area contributed by atoms with Crippen LogP contribution in [-0.4, -0.2) is 47.5 Å². The highest BCUT2D eigenvalue weighted by molar-refractivity contribution is 6.91. The van der Waals surface area contributed by atoms with Crippen molar-refractivity contribution in [2.24, 2.45) is 0 Å². The van der Waals surface area contributed by atoms with Crippen LogP contribution in [0.2, 0.25) is 42.8 Å². The summed E-state index contributed by atoms with van der Waals surface area (Å²) < 4.78 is 30.9. The smallest absolute Gasteiger partial charge is 0.330 e. The van der Waals surface area contributed by atoms with Crippen LogP contribution in [0.3, 0.4) is 0 Å². The van der Waals surface area contributed by atoms with Gasteiger partial charge in [-0.3, -0.25) is 0 Å². The lowest BCUT2D eigenvalue weighted by atomic mass is 10.5. The molecule has 1 saturated heterocycles. The Kier molecular flexibility index (Phi) is 12.0. The molecule has 1 fully saturated rings. The maximum Gasteiger partial charge on any atom is 0.330 e. The lowest BCUT2D eigenvalue weighted by molar-refractivity contribution is -0.137. The fourth-order valence-corrected chi connectivity index (χ4v) is 24.6. The first-order valence-electron chi connectivity index (χ1n) is 10.7. The minimum absolute atomic E-state index is 0.341. The van der Waals surface area contributed by atoms with Gasteiger partial charge in [0, 0.05) is 6.08 Å². The average molecular weight is 481 g/mol. The van der Waals surface area contributed by atoms with E-state index in [1.165, 1.54) is 0 Å². The maximum atomic E-state index is 10.2. The summed E-state index contributed by atoms with van der Waals surface area (Å²) in [7, 11) is -8.57. The summed E-state index contributed by atoms with van der Waals surface area (Å²) in [5.41, 5.74) is 1.18. The molecule has 0 saturated carbocycles. The summed E-state index contributed by atoms with van der Waals surface area (Å²) >= 11 is 0. The van der Waals surface area contributed by atoms with Crippen molar-refractivity contribution in [1.29, 1.82) is 0 Å². The minimum atomic E-state index is -2.35. The molecule has 0 aromatic rings. The van der Waals surface area contributed by atoms with Crippen molar-refractivity contribution in [2.75, 3.05) is 6.61 Å². The third-order valence-electron chi connectivity index (χ3n) is 4.88. The molecule has 6 nitrogen and oxygen atoms in total. The van der Waals surface area contributed by atoms with Crippen LogP contribution in [0.1, 0.15) is 54.9 Å². The number of esters is 1. The quantitative estimate of drug-likeness (QED) is 0.284. The second-order valence-electron chi connectivity index (χ2n) is 8.98. The van der Waals surface area contributed by atoms with Gasteiger partial charge >= 0.3 is 40.9 Å². The van der Waals surface area contributed by atoms with Crippen molar-refractivity contribution in [3.8, 4) is 0 Å². The molecule has 29 heavy (non-hydrogen) atoms. The number of carbonyl (C=O) groups excluding carboxylic acids is 1. The predicted octanol–water partition coefficient (Wildman–Crippen LogP) is 5.49. The van der Waals surface area contributed by atoms with Gasteiger partial charge in [0.2, 0.25) is 0 Å². The van der Waals surface area contributed by atoms with E-state index in [-0.39, 0.29) is 5.97 Å². The largest absolute Gasteiger partial charge is 0.463 e. The summed E-state index contributed by atoms with van der Waals surface area (Å²) in [5.74, 6) is -0.341. The van der Waals surface area contributed by atoms with E-state index in [1.54, 1.807) is 0 Å². The van der Waals surface area contributed by atoms with E-state index >= 15 is 0 Å². The predicted molar refractivity (Wildman–Crippen MR) is 129 cm³/mol. The fraction of sp³-hybridized carbons (Fsp3) is 0.842. The van der Waals surface area contributed by atoms with Gasteiger partial charge in [-0.2, -0.15) is 0 Å². The van der Waals surface area contributed by atoms with Gasteiger partial charge in [-0.05, 0) is 49.2 Å². The average Bonchev–Trinajstić information content (AvgIpc) is 2.56. The Bertz CT molecular complexity index is 519. The van der Waals surface area contributed by atoms with Crippen LogP contribution in [-0.2, 0) is 26.0 Å². The van der Waals surface area contributed by atoms with Crippen LogP contribution in [0.25, 0.3) is 0 Å². The molecule has 0 N–H and O–H groups in total. The molecule has 1 aliphatic heterocycles. The van der Waals surface area contributed by atoms with Crippen molar-refractivity contribution in [1.82, 2.24) is 0 Å². The van der Waals surface area contributed by atoms with Gasteiger partial charge in [-0.25, -0.2) is 4.79 Å². The SMILES string of the molecule is C=CC(=O)OCCC.CC(C)[Si]1(C)O[Si](C)(C)O[SiH](C)O[Si](C(C)C)(C(C)C)O1. The third-order valence-corrected chi connectivity index (χ3v) is 23.1. The van der Waals surface area contributed by atoms with E-state index in [9.17, 15) is 4.79 Å². The fourth-order valence-electron chi connectivity index (χ4n) is 3.23. The molecule has 2 unspecified atom stereocenters. The molecule has 0 spiro atoms. The number of rotatable bonds is 6. The molecule has 10 heteroatoms. The highest BCUT2D eigenvalue weighted by atomic mass is 28.5. The Morgan fingerprint density at radius 3 is 1.90 bits per heavy atom. The van der Waals surface area contributed by atoms with Crippen LogP contribution >= 0.6 is 0 Å². The summed E-state index contributed by atoms with van der Waals surface area (Å²) in [4.78, 5) is 10.2. The second-order valence-corrected chi connectivity index (χ2v) is 23.4. The van der Waals surface area contributed by atoms with Crippen molar-refractivity contribution in [2.45, 2.75) is 97.7 Å². The summed E-state index contributed by atoms with van der Waals surface area (Å²) in [5, 5.41) is 0. The molecule has 1 aliphatic rings. The Labute approximate surface area is 183 Å². The van der Waals surface area contributed by atoms with Crippen LogP contribution < -0.4 is 0 Å². The van der Waals surface area contributed by atoms with Crippen molar-refractivity contribution >= 4 is 40.9 Å². The van der Waals surface area contributed by atoms with Gasteiger partial charge in [-0.15, -0.1) is 0 Å². The highest BCUT2D eigenvalue weighted by Gasteiger charge is 2.56. The Morgan fingerprint density at radius 1 is 1.00 bits per heavy atom. The monoisotopic (exact) mass is 480 g/mol. The molecular weight excluding hydrogens is 437 g/mol. The topological polar surface area (TPSA) is 63.2 Å². The first-order valence-corrected chi connectivity index (χ1v) is 20.0. The van der Waals surface area contributed by atoms with Crippen molar-refractivity contribution < 1.29 is 26.0 Å². The zero-order valence-electron chi connectivity index (χ0n) is 20.5. The standard InChI is InChI=1S/C13H34O4Si4.C6H10O2/c1-11(2)20(10)16-19(8,9)14-18(7)15-21(17-20,12(3)4)13(5)6;1-3-5-8-6(7)4-2/h11-13,18H,1-10H3;4H,2-3,5H2,1H3. The Morgan fingerprint density at radius 2 is 1.52 bits per heavy atom. The lowest BCUT2D eigenvalue weighted by Gasteiger charge is -2.51. The minimum Gasteiger partial charge on any atom is -0.463 e. The molecule has 0 aliphatic carbocycles. The van der Waals surface area contributed by atoms with Crippen LogP contribution in [0.5, 0.6) is 0 Å². The Balaban J connectivity index is 0.000000828. The van der Waals surface area contributed by atoms with Gasteiger partial charge in [0.25, 0.3) is 0 Å². The van der Waals surface area contributed by atoms with Crippen molar-refractivity contribution in [3.05, 3.63) is 12.7 Å². The van der Waals surface area contributed by atoms with Crippen LogP contribution in [0.4, 0.5) is 0 Å². The molecule has 0 aromatic carbocycles. The van der Waals surface area contributed by atoms with E-state index in [0.29, 0.717) is 23.2 Å². The number of ether oxygens (including phenoxy) is 1. The molecular formula is C19H44O6Si4. The molecule has 0 amide bonds. The van der Waals surface area contributed by atoms with E-state index in [2.05, 4.69) is 79.0 Å².